The molecule has 3 rings (SSSR count). The van der Waals surface area contributed by atoms with Crippen molar-refractivity contribution < 1.29 is 13.2 Å². The minimum absolute atomic E-state index is 0.132. The van der Waals surface area contributed by atoms with Crippen molar-refractivity contribution >= 4 is 27.3 Å². The molecule has 6 nitrogen and oxygen atoms in total. The number of aryl methyl sites for hydroxylation is 1. The summed E-state index contributed by atoms with van der Waals surface area (Å²) in [5.74, 6) is 0.288. The van der Waals surface area contributed by atoms with Crippen LogP contribution in [-0.4, -0.2) is 43.8 Å². The third-order valence-electron chi connectivity index (χ3n) is 4.57. The Morgan fingerprint density at radius 3 is 2.85 bits per heavy atom. The molecule has 2 aromatic rings. The first-order valence-corrected chi connectivity index (χ1v) is 11.1. The van der Waals surface area contributed by atoms with Crippen molar-refractivity contribution in [2.24, 2.45) is 5.92 Å². The Morgan fingerprint density at radius 2 is 2.12 bits per heavy atom. The van der Waals surface area contributed by atoms with Gasteiger partial charge in [-0.3, -0.25) is 9.78 Å². The molecule has 0 spiro atoms. The van der Waals surface area contributed by atoms with Gasteiger partial charge in [-0.15, -0.1) is 11.3 Å². The molecule has 1 aliphatic rings. The molecule has 8 heteroatoms. The van der Waals surface area contributed by atoms with E-state index in [4.69, 9.17) is 0 Å². The molecule has 2 aromatic heterocycles. The zero-order valence-electron chi connectivity index (χ0n) is 14.5. The van der Waals surface area contributed by atoms with E-state index < -0.39 is 10.0 Å². The van der Waals surface area contributed by atoms with Gasteiger partial charge in [0.25, 0.3) is 0 Å². The SMILES string of the molecule is O=C(CCc1ccncc1)N1CCCC(CNS(=O)(=O)c2cccs2)C1. The Labute approximate surface area is 158 Å². The van der Waals surface area contributed by atoms with Crippen molar-refractivity contribution in [3.63, 3.8) is 0 Å². The number of aromatic nitrogens is 1. The van der Waals surface area contributed by atoms with Gasteiger partial charge in [-0.05, 0) is 54.3 Å². The van der Waals surface area contributed by atoms with E-state index in [2.05, 4.69) is 9.71 Å². The first-order valence-electron chi connectivity index (χ1n) is 8.74. The van der Waals surface area contributed by atoms with Gasteiger partial charge in [0.2, 0.25) is 15.9 Å². The molecule has 0 aliphatic carbocycles. The number of sulfonamides is 1. The highest BCUT2D eigenvalue weighted by Crippen LogP contribution is 2.19. The summed E-state index contributed by atoms with van der Waals surface area (Å²) in [7, 11) is -3.44. The van der Waals surface area contributed by atoms with Crippen molar-refractivity contribution in [1.82, 2.24) is 14.6 Å². The van der Waals surface area contributed by atoms with Crippen molar-refractivity contribution in [2.45, 2.75) is 29.9 Å². The lowest BCUT2D eigenvalue weighted by Crippen LogP contribution is -2.43. The first kappa shape index (κ1) is 19.0. The van der Waals surface area contributed by atoms with Crippen LogP contribution in [0.25, 0.3) is 0 Å². The molecule has 0 radical (unpaired) electrons. The van der Waals surface area contributed by atoms with Crippen molar-refractivity contribution in [2.75, 3.05) is 19.6 Å². The number of likely N-dealkylation sites (tertiary alicyclic amines) is 1. The largest absolute Gasteiger partial charge is 0.342 e. The second kappa shape index (κ2) is 8.75. The maximum atomic E-state index is 12.5. The molecule has 140 valence electrons. The van der Waals surface area contributed by atoms with Crippen LogP contribution in [0.15, 0.2) is 46.2 Å². The fourth-order valence-electron chi connectivity index (χ4n) is 3.13. The summed E-state index contributed by atoms with van der Waals surface area (Å²) in [5, 5.41) is 1.75. The van der Waals surface area contributed by atoms with Gasteiger partial charge in [-0.25, -0.2) is 13.1 Å². The van der Waals surface area contributed by atoms with E-state index in [1.165, 1.54) is 11.3 Å². The molecule has 0 aromatic carbocycles. The number of nitrogens with zero attached hydrogens (tertiary/aromatic N) is 2. The zero-order valence-corrected chi connectivity index (χ0v) is 16.1. The zero-order chi connectivity index (χ0) is 18.4. The van der Waals surface area contributed by atoms with E-state index in [1.54, 1.807) is 29.9 Å². The lowest BCUT2D eigenvalue weighted by Gasteiger charge is -2.33. The van der Waals surface area contributed by atoms with E-state index in [1.807, 2.05) is 17.0 Å². The second-order valence-electron chi connectivity index (χ2n) is 6.49. The molecule has 1 saturated heterocycles. The molecule has 1 aliphatic heterocycles. The summed E-state index contributed by atoms with van der Waals surface area (Å²) in [6.07, 6.45) is 6.48. The number of rotatable bonds is 7. The van der Waals surface area contributed by atoms with Crippen LogP contribution >= 0.6 is 11.3 Å². The third kappa shape index (κ3) is 5.12. The van der Waals surface area contributed by atoms with Crippen LogP contribution in [-0.2, 0) is 21.2 Å². The van der Waals surface area contributed by atoms with Gasteiger partial charge in [0.05, 0.1) is 0 Å². The Kier molecular flexibility index (Phi) is 6.39. The number of thiophene rings is 1. The highest BCUT2D eigenvalue weighted by molar-refractivity contribution is 7.91. The quantitative estimate of drug-likeness (QED) is 0.783. The summed E-state index contributed by atoms with van der Waals surface area (Å²) in [6, 6.07) is 7.17. The number of nitrogens with one attached hydrogen (secondary N) is 1. The minimum Gasteiger partial charge on any atom is -0.342 e. The van der Waals surface area contributed by atoms with Crippen LogP contribution in [0, 0.1) is 5.92 Å². The van der Waals surface area contributed by atoms with E-state index in [-0.39, 0.29) is 11.8 Å². The van der Waals surface area contributed by atoms with Crippen LogP contribution < -0.4 is 4.72 Å². The van der Waals surface area contributed by atoms with E-state index >= 15 is 0 Å². The van der Waals surface area contributed by atoms with Crippen molar-refractivity contribution in [3.05, 3.63) is 47.6 Å². The average Bonchev–Trinajstić information content (AvgIpc) is 3.21. The molecule has 1 amide bonds. The standard InChI is InChI=1S/C18H23N3O3S2/c22-17(6-5-15-7-9-19-10-8-15)21-11-1-3-16(14-21)13-20-26(23,24)18-4-2-12-25-18/h2,4,7-10,12,16,20H,1,3,5-6,11,13-14H2. The monoisotopic (exact) mass is 393 g/mol. The molecular weight excluding hydrogens is 370 g/mol. The van der Waals surface area contributed by atoms with Gasteiger partial charge in [-0.2, -0.15) is 0 Å². The van der Waals surface area contributed by atoms with Gasteiger partial charge in [0.15, 0.2) is 0 Å². The topological polar surface area (TPSA) is 79.4 Å². The first-order chi connectivity index (χ1) is 12.5. The molecule has 1 fully saturated rings. The van der Waals surface area contributed by atoms with Crippen LogP contribution in [0.2, 0.25) is 0 Å². The van der Waals surface area contributed by atoms with Crippen LogP contribution in [0.4, 0.5) is 0 Å². The highest BCUT2D eigenvalue weighted by atomic mass is 32.2. The van der Waals surface area contributed by atoms with E-state index in [0.717, 1.165) is 24.9 Å². The molecular formula is C18H23N3O3S2. The fraction of sp³-hybridized carbons (Fsp3) is 0.444. The third-order valence-corrected chi connectivity index (χ3v) is 7.39. The van der Waals surface area contributed by atoms with Crippen LogP contribution in [0.3, 0.4) is 0 Å². The molecule has 1 unspecified atom stereocenters. The number of hydrogen-bond donors (Lipinski definition) is 1. The summed E-state index contributed by atoms with van der Waals surface area (Å²) >= 11 is 1.21. The molecule has 26 heavy (non-hydrogen) atoms. The molecule has 1 atom stereocenters. The number of carbonyl (C=O) groups is 1. The van der Waals surface area contributed by atoms with Gasteiger partial charge >= 0.3 is 0 Å². The second-order valence-corrected chi connectivity index (χ2v) is 9.43. The molecule has 0 saturated carbocycles. The predicted octanol–water partition coefficient (Wildman–Crippen LogP) is 2.29. The van der Waals surface area contributed by atoms with Crippen LogP contribution in [0.1, 0.15) is 24.8 Å². The molecule has 0 bridgehead atoms. The summed E-state index contributed by atoms with van der Waals surface area (Å²) in [5.41, 5.74) is 1.10. The average molecular weight is 394 g/mol. The number of hydrogen-bond acceptors (Lipinski definition) is 5. The normalized spacial score (nSPS) is 18.0. The van der Waals surface area contributed by atoms with Gasteiger partial charge in [0.1, 0.15) is 4.21 Å². The number of pyridine rings is 1. The van der Waals surface area contributed by atoms with Gasteiger partial charge in [0, 0.05) is 38.4 Å². The van der Waals surface area contributed by atoms with Gasteiger partial charge < -0.3 is 4.90 Å². The smallest absolute Gasteiger partial charge is 0.250 e. The highest BCUT2D eigenvalue weighted by Gasteiger charge is 2.25. The number of amides is 1. The van der Waals surface area contributed by atoms with Crippen LogP contribution in [0.5, 0.6) is 0 Å². The minimum atomic E-state index is -3.44. The molecule has 1 N–H and O–H groups in total. The van der Waals surface area contributed by atoms with E-state index in [0.29, 0.717) is 30.1 Å². The summed E-state index contributed by atoms with van der Waals surface area (Å²) in [6.45, 7) is 1.74. The van der Waals surface area contributed by atoms with Crippen molar-refractivity contribution in [1.29, 1.82) is 0 Å². The Morgan fingerprint density at radius 1 is 1.31 bits per heavy atom. The maximum Gasteiger partial charge on any atom is 0.250 e. The maximum absolute atomic E-state index is 12.5. The molecule has 3 heterocycles. The predicted molar refractivity (Wildman–Crippen MR) is 101 cm³/mol. The Balaban J connectivity index is 1.48. The Hall–Kier alpha value is -1.77. The summed E-state index contributed by atoms with van der Waals surface area (Å²) < 4.78 is 27.5. The lowest BCUT2D eigenvalue weighted by molar-refractivity contribution is -0.132. The number of carbonyl (C=O) groups excluding carboxylic acids is 1. The van der Waals surface area contributed by atoms with Crippen molar-refractivity contribution in [3.8, 4) is 0 Å². The lowest BCUT2D eigenvalue weighted by atomic mass is 9.98. The number of piperidine rings is 1. The summed E-state index contributed by atoms with van der Waals surface area (Å²) in [4.78, 5) is 18.3. The Bertz CT molecular complexity index is 807. The van der Waals surface area contributed by atoms with E-state index in [9.17, 15) is 13.2 Å². The van der Waals surface area contributed by atoms with Gasteiger partial charge in [-0.1, -0.05) is 6.07 Å². The fourth-order valence-corrected chi connectivity index (χ4v) is 5.29.